The molecule has 0 aliphatic carbocycles. The molecule has 2 heteroatoms. The SMILES string of the molecule is Cc1ccc2c(C(C)C)c(C(C)C)oc2n1. The van der Waals surface area contributed by atoms with Crippen molar-refractivity contribution in [1.82, 2.24) is 4.98 Å². The van der Waals surface area contributed by atoms with Gasteiger partial charge in [0, 0.05) is 22.6 Å². The number of nitrogens with zero attached hydrogens (tertiary/aromatic N) is 1. The Balaban J connectivity index is 2.75. The molecule has 16 heavy (non-hydrogen) atoms. The van der Waals surface area contributed by atoms with Gasteiger partial charge in [-0.05, 0) is 25.0 Å². The lowest BCUT2D eigenvalue weighted by molar-refractivity contribution is 0.503. The first kappa shape index (κ1) is 11.2. The van der Waals surface area contributed by atoms with Crippen LogP contribution in [-0.4, -0.2) is 4.98 Å². The number of pyridine rings is 1. The first-order chi connectivity index (χ1) is 7.50. The lowest BCUT2D eigenvalue weighted by Gasteiger charge is -2.08. The Morgan fingerprint density at radius 3 is 2.31 bits per heavy atom. The van der Waals surface area contributed by atoms with Crippen molar-refractivity contribution in [3.8, 4) is 0 Å². The Kier molecular flexibility index (Phi) is 2.75. The van der Waals surface area contributed by atoms with E-state index in [0.717, 1.165) is 17.2 Å². The third-order valence-electron chi connectivity index (χ3n) is 2.86. The van der Waals surface area contributed by atoms with Gasteiger partial charge in [-0.3, -0.25) is 0 Å². The third-order valence-corrected chi connectivity index (χ3v) is 2.86. The van der Waals surface area contributed by atoms with Gasteiger partial charge in [0.15, 0.2) is 0 Å². The van der Waals surface area contributed by atoms with Crippen LogP contribution in [0.1, 0.15) is 56.5 Å². The zero-order chi connectivity index (χ0) is 11.9. The Labute approximate surface area is 96.7 Å². The summed E-state index contributed by atoms with van der Waals surface area (Å²) in [7, 11) is 0. The van der Waals surface area contributed by atoms with Crippen LogP contribution in [0.25, 0.3) is 11.1 Å². The van der Waals surface area contributed by atoms with Crippen molar-refractivity contribution in [2.75, 3.05) is 0 Å². The van der Waals surface area contributed by atoms with Gasteiger partial charge in [-0.15, -0.1) is 0 Å². The summed E-state index contributed by atoms with van der Waals surface area (Å²) >= 11 is 0. The van der Waals surface area contributed by atoms with Gasteiger partial charge in [0.2, 0.25) is 5.71 Å². The molecule has 2 rings (SSSR count). The molecule has 0 spiro atoms. The molecule has 0 atom stereocenters. The Hall–Kier alpha value is -1.31. The highest BCUT2D eigenvalue weighted by Crippen LogP contribution is 2.34. The van der Waals surface area contributed by atoms with Gasteiger partial charge in [-0.25, -0.2) is 4.98 Å². The number of hydrogen-bond acceptors (Lipinski definition) is 2. The summed E-state index contributed by atoms with van der Waals surface area (Å²) < 4.78 is 5.89. The minimum absolute atomic E-state index is 0.409. The van der Waals surface area contributed by atoms with Gasteiger partial charge in [0.25, 0.3) is 0 Å². The van der Waals surface area contributed by atoms with E-state index in [1.807, 2.05) is 13.0 Å². The molecule has 2 nitrogen and oxygen atoms in total. The molecule has 86 valence electrons. The number of aryl methyl sites for hydroxylation is 1. The summed E-state index contributed by atoms with van der Waals surface area (Å²) in [5.74, 6) is 1.97. The van der Waals surface area contributed by atoms with E-state index < -0.39 is 0 Å². The van der Waals surface area contributed by atoms with E-state index in [1.54, 1.807) is 0 Å². The average molecular weight is 217 g/mol. The molecule has 0 aromatic carbocycles. The zero-order valence-corrected chi connectivity index (χ0v) is 10.7. The number of hydrogen-bond donors (Lipinski definition) is 0. The van der Waals surface area contributed by atoms with E-state index in [-0.39, 0.29) is 0 Å². The fourth-order valence-corrected chi connectivity index (χ4v) is 2.13. The molecule has 2 aromatic rings. The highest BCUT2D eigenvalue weighted by atomic mass is 16.3. The topological polar surface area (TPSA) is 26.0 Å². The summed E-state index contributed by atoms with van der Waals surface area (Å²) in [6.45, 7) is 10.7. The zero-order valence-electron chi connectivity index (χ0n) is 10.7. The molecule has 0 aliphatic heterocycles. The quantitative estimate of drug-likeness (QED) is 0.746. The minimum atomic E-state index is 0.409. The van der Waals surface area contributed by atoms with Gasteiger partial charge >= 0.3 is 0 Å². The molecule has 2 aromatic heterocycles. The van der Waals surface area contributed by atoms with Gasteiger partial charge < -0.3 is 4.42 Å². The maximum Gasteiger partial charge on any atom is 0.226 e. The van der Waals surface area contributed by atoms with Gasteiger partial charge in [0.05, 0.1) is 0 Å². The van der Waals surface area contributed by atoms with Crippen LogP contribution in [0.5, 0.6) is 0 Å². The molecule has 0 N–H and O–H groups in total. The van der Waals surface area contributed by atoms with Crippen LogP contribution in [-0.2, 0) is 0 Å². The molecule has 0 aliphatic rings. The maximum absolute atomic E-state index is 5.89. The van der Waals surface area contributed by atoms with E-state index in [4.69, 9.17) is 4.42 Å². The van der Waals surface area contributed by atoms with Crippen molar-refractivity contribution in [2.45, 2.75) is 46.5 Å². The van der Waals surface area contributed by atoms with Crippen molar-refractivity contribution >= 4 is 11.1 Å². The van der Waals surface area contributed by atoms with Crippen LogP contribution in [0, 0.1) is 6.92 Å². The summed E-state index contributed by atoms with van der Waals surface area (Å²) in [5, 5.41) is 1.17. The second-order valence-electron chi connectivity index (χ2n) is 4.99. The molecule has 0 bridgehead atoms. The predicted octanol–water partition coefficient (Wildman–Crippen LogP) is 4.38. The molecule has 0 fully saturated rings. The van der Waals surface area contributed by atoms with Crippen molar-refractivity contribution in [2.24, 2.45) is 0 Å². The Morgan fingerprint density at radius 2 is 1.75 bits per heavy atom. The van der Waals surface area contributed by atoms with Crippen LogP contribution in [0.15, 0.2) is 16.5 Å². The highest BCUT2D eigenvalue weighted by molar-refractivity contribution is 5.80. The largest absolute Gasteiger partial charge is 0.442 e. The van der Waals surface area contributed by atoms with Crippen LogP contribution >= 0.6 is 0 Å². The van der Waals surface area contributed by atoms with E-state index >= 15 is 0 Å². The second-order valence-corrected chi connectivity index (χ2v) is 4.99. The second kappa shape index (κ2) is 3.93. The number of furan rings is 1. The monoisotopic (exact) mass is 217 g/mol. The van der Waals surface area contributed by atoms with Crippen molar-refractivity contribution in [3.63, 3.8) is 0 Å². The van der Waals surface area contributed by atoms with E-state index in [0.29, 0.717) is 11.8 Å². The van der Waals surface area contributed by atoms with Crippen LogP contribution in [0.3, 0.4) is 0 Å². The van der Waals surface area contributed by atoms with Gasteiger partial charge in [-0.2, -0.15) is 0 Å². The first-order valence-electron chi connectivity index (χ1n) is 5.90. The molecule has 2 heterocycles. The van der Waals surface area contributed by atoms with Crippen molar-refractivity contribution in [1.29, 1.82) is 0 Å². The normalized spacial score (nSPS) is 11.9. The summed E-state index contributed by atoms with van der Waals surface area (Å²) in [6, 6.07) is 4.18. The minimum Gasteiger partial charge on any atom is -0.442 e. The first-order valence-corrected chi connectivity index (χ1v) is 5.90. The summed E-state index contributed by atoms with van der Waals surface area (Å²) in [5.41, 5.74) is 3.11. The lowest BCUT2D eigenvalue weighted by Crippen LogP contribution is -1.94. The fourth-order valence-electron chi connectivity index (χ4n) is 2.13. The molecule has 0 unspecified atom stereocenters. The standard InChI is InChI=1S/C14H19NO/c1-8(2)12-11-7-6-10(5)15-14(11)16-13(12)9(3)4/h6-9H,1-5H3. The molecule has 0 saturated carbocycles. The summed E-state index contributed by atoms with van der Waals surface area (Å²) in [6.07, 6.45) is 0. The summed E-state index contributed by atoms with van der Waals surface area (Å²) in [4.78, 5) is 4.46. The highest BCUT2D eigenvalue weighted by Gasteiger charge is 2.19. The molecular weight excluding hydrogens is 198 g/mol. The van der Waals surface area contributed by atoms with E-state index in [2.05, 4.69) is 38.7 Å². The maximum atomic E-state index is 5.89. The smallest absolute Gasteiger partial charge is 0.226 e. The number of rotatable bonds is 2. The molecule has 0 radical (unpaired) electrons. The van der Waals surface area contributed by atoms with Crippen LogP contribution < -0.4 is 0 Å². The van der Waals surface area contributed by atoms with Crippen LogP contribution in [0.2, 0.25) is 0 Å². The van der Waals surface area contributed by atoms with Gasteiger partial charge in [0.1, 0.15) is 5.76 Å². The van der Waals surface area contributed by atoms with E-state index in [1.165, 1.54) is 10.9 Å². The molecular formula is C14H19NO. The fraction of sp³-hybridized carbons (Fsp3) is 0.500. The predicted molar refractivity (Wildman–Crippen MR) is 66.9 cm³/mol. The molecule has 0 saturated heterocycles. The Bertz CT molecular complexity index is 509. The number of aromatic nitrogens is 1. The van der Waals surface area contributed by atoms with Crippen molar-refractivity contribution < 1.29 is 4.42 Å². The number of fused-ring (bicyclic) bond motifs is 1. The van der Waals surface area contributed by atoms with Gasteiger partial charge in [-0.1, -0.05) is 27.7 Å². The Morgan fingerprint density at radius 1 is 1.06 bits per heavy atom. The van der Waals surface area contributed by atoms with Crippen LogP contribution in [0.4, 0.5) is 0 Å². The van der Waals surface area contributed by atoms with E-state index in [9.17, 15) is 0 Å². The molecule has 0 amide bonds. The third kappa shape index (κ3) is 1.73. The van der Waals surface area contributed by atoms with Crippen molar-refractivity contribution in [3.05, 3.63) is 29.2 Å². The average Bonchev–Trinajstić information content (AvgIpc) is 2.55. The lowest BCUT2D eigenvalue weighted by atomic mass is 9.95.